The summed E-state index contributed by atoms with van der Waals surface area (Å²) in [6.07, 6.45) is 2.84. The third-order valence-electron chi connectivity index (χ3n) is 2.65. The lowest BCUT2D eigenvalue weighted by atomic mass is 9.89. The SMILES string of the molecule is CCC1CC(C)C[NH+](C)C1. The Morgan fingerprint density at radius 3 is 2.60 bits per heavy atom. The lowest BCUT2D eigenvalue weighted by molar-refractivity contribution is -0.892. The lowest BCUT2D eigenvalue weighted by Crippen LogP contribution is -3.11. The molecule has 0 saturated carbocycles. The van der Waals surface area contributed by atoms with Gasteiger partial charge in [0, 0.05) is 11.8 Å². The molecule has 3 atom stereocenters. The summed E-state index contributed by atoms with van der Waals surface area (Å²) >= 11 is 0. The van der Waals surface area contributed by atoms with Gasteiger partial charge in [0.1, 0.15) is 0 Å². The third-order valence-corrected chi connectivity index (χ3v) is 2.65. The van der Waals surface area contributed by atoms with Crippen LogP contribution in [0, 0.1) is 11.8 Å². The summed E-state index contributed by atoms with van der Waals surface area (Å²) in [5, 5.41) is 0. The molecule has 0 radical (unpaired) electrons. The van der Waals surface area contributed by atoms with Gasteiger partial charge in [-0.15, -0.1) is 0 Å². The van der Waals surface area contributed by atoms with Crippen LogP contribution in [0.2, 0.25) is 0 Å². The molecule has 0 aromatic heterocycles. The molecule has 0 aliphatic carbocycles. The molecular formula is C9H20N+. The van der Waals surface area contributed by atoms with Gasteiger partial charge in [0.2, 0.25) is 0 Å². The van der Waals surface area contributed by atoms with Crippen molar-refractivity contribution in [3.05, 3.63) is 0 Å². The highest BCUT2D eigenvalue weighted by molar-refractivity contribution is 4.64. The van der Waals surface area contributed by atoms with Crippen molar-refractivity contribution in [2.75, 3.05) is 20.1 Å². The van der Waals surface area contributed by atoms with Crippen LogP contribution in [-0.2, 0) is 0 Å². The zero-order chi connectivity index (χ0) is 7.56. The zero-order valence-electron chi connectivity index (χ0n) is 7.48. The van der Waals surface area contributed by atoms with E-state index in [1.165, 1.54) is 25.9 Å². The van der Waals surface area contributed by atoms with E-state index < -0.39 is 0 Å². The normalized spacial score (nSPS) is 41.7. The van der Waals surface area contributed by atoms with Gasteiger partial charge in [0.25, 0.3) is 0 Å². The highest BCUT2D eigenvalue weighted by atomic mass is 15.1. The molecule has 1 aliphatic rings. The molecule has 1 heteroatoms. The number of quaternary nitrogens is 1. The molecule has 1 fully saturated rings. The summed E-state index contributed by atoms with van der Waals surface area (Å²) in [6.45, 7) is 7.48. The van der Waals surface area contributed by atoms with Crippen LogP contribution < -0.4 is 4.90 Å². The number of piperidine rings is 1. The third kappa shape index (κ3) is 1.98. The molecule has 60 valence electrons. The molecule has 0 spiro atoms. The van der Waals surface area contributed by atoms with E-state index in [-0.39, 0.29) is 0 Å². The summed E-state index contributed by atoms with van der Waals surface area (Å²) in [5.74, 6) is 1.96. The van der Waals surface area contributed by atoms with Crippen LogP contribution in [0.15, 0.2) is 0 Å². The highest BCUT2D eigenvalue weighted by Gasteiger charge is 2.23. The Morgan fingerprint density at radius 2 is 2.10 bits per heavy atom. The monoisotopic (exact) mass is 142 g/mol. The van der Waals surface area contributed by atoms with Crippen molar-refractivity contribution in [3.63, 3.8) is 0 Å². The number of rotatable bonds is 1. The fraction of sp³-hybridized carbons (Fsp3) is 1.00. The first kappa shape index (κ1) is 8.06. The van der Waals surface area contributed by atoms with E-state index in [0.29, 0.717) is 0 Å². The van der Waals surface area contributed by atoms with E-state index in [4.69, 9.17) is 0 Å². The second-order valence-electron chi connectivity index (χ2n) is 3.98. The van der Waals surface area contributed by atoms with Gasteiger partial charge in [0.05, 0.1) is 20.1 Å². The molecule has 1 N–H and O–H groups in total. The van der Waals surface area contributed by atoms with Gasteiger partial charge < -0.3 is 4.90 Å². The van der Waals surface area contributed by atoms with E-state index in [0.717, 1.165) is 11.8 Å². The number of hydrogen-bond acceptors (Lipinski definition) is 0. The van der Waals surface area contributed by atoms with Crippen molar-refractivity contribution < 1.29 is 4.90 Å². The number of nitrogens with one attached hydrogen (secondary N) is 1. The van der Waals surface area contributed by atoms with E-state index in [1.54, 1.807) is 4.90 Å². The first-order valence-electron chi connectivity index (χ1n) is 4.53. The molecule has 0 aromatic carbocycles. The van der Waals surface area contributed by atoms with Crippen molar-refractivity contribution in [3.8, 4) is 0 Å². The Balaban J connectivity index is 2.35. The van der Waals surface area contributed by atoms with Crippen molar-refractivity contribution in [1.29, 1.82) is 0 Å². The minimum Gasteiger partial charge on any atom is -0.337 e. The average Bonchev–Trinajstić information content (AvgIpc) is 1.85. The second-order valence-corrected chi connectivity index (χ2v) is 3.98. The van der Waals surface area contributed by atoms with Gasteiger partial charge in [-0.3, -0.25) is 0 Å². The van der Waals surface area contributed by atoms with Crippen molar-refractivity contribution in [2.45, 2.75) is 26.7 Å². The minimum atomic E-state index is 0.957. The van der Waals surface area contributed by atoms with Crippen LogP contribution in [0.4, 0.5) is 0 Å². The predicted octanol–water partition coefficient (Wildman–Crippen LogP) is 0.567. The molecule has 0 bridgehead atoms. The average molecular weight is 142 g/mol. The molecule has 0 amide bonds. The van der Waals surface area contributed by atoms with Gasteiger partial charge in [-0.1, -0.05) is 13.8 Å². The predicted molar refractivity (Wildman–Crippen MR) is 44.2 cm³/mol. The molecule has 1 saturated heterocycles. The molecule has 3 unspecified atom stereocenters. The van der Waals surface area contributed by atoms with Crippen LogP contribution in [0.1, 0.15) is 26.7 Å². The van der Waals surface area contributed by atoms with Crippen LogP contribution >= 0.6 is 0 Å². The minimum absolute atomic E-state index is 0.957. The molecular weight excluding hydrogens is 122 g/mol. The van der Waals surface area contributed by atoms with Gasteiger partial charge >= 0.3 is 0 Å². The molecule has 0 aromatic rings. The zero-order valence-corrected chi connectivity index (χ0v) is 7.48. The van der Waals surface area contributed by atoms with Gasteiger partial charge in [0.15, 0.2) is 0 Å². The Morgan fingerprint density at radius 1 is 1.40 bits per heavy atom. The smallest absolute Gasteiger partial charge is 0.0797 e. The largest absolute Gasteiger partial charge is 0.337 e. The molecule has 1 aliphatic heterocycles. The Kier molecular flexibility index (Phi) is 2.72. The van der Waals surface area contributed by atoms with Crippen LogP contribution in [0.5, 0.6) is 0 Å². The number of hydrogen-bond donors (Lipinski definition) is 1. The summed E-state index contributed by atoms with van der Waals surface area (Å²) in [6, 6.07) is 0. The Bertz CT molecular complexity index is 90.9. The van der Waals surface area contributed by atoms with E-state index in [2.05, 4.69) is 20.9 Å². The quantitative estimate of drug-likeness (QED) is 0.546. The van der Waals surface area contributed by atoms with Crippen LogP contribution in [0.25, 0.3) is 0 Å². The standard InChI is InChI=1S/C9H19N/c1-4-9-5-8(2)6-10(3)7-9/h8-9H,4-7H2,1-3H3/p+1. The number of likely N-dealkylation sites (tertiary alicyclic amines) is 1. The maximum atomic E-state index is 2.38. The second kappa shape index (κ2) is 3.38. The van der Waals surface area contributed by atoms with Gasteiger partial charge in [-0.25, -0.2) is 0 Å². The summed E-state index contributed by atoms with van der Waals surface area (Å²) < 4.78 is 0. The van der Waals surface area contributed by atoms with Crippen LogP contribution in [0.3, 0.4) is 0 Å². The van der Waals surface area contributed by atoms with E-state index >= 15 is 0 Å². The Hall–Kier alpha value is -0.0400. The molecule has 1 heterocycles. The van der Waals surface area contributed by atoms with Gasteiger partial charge in [-0.05, 0) is 12.8 Å². The fourth-order valence-corrected chi connectivity index (χ4v) is 2.22. The Labute approximate surface area is 64.4 Å². The summed E-state index contributed by atoms with van der Waals surface area (Å²) in [4.78, 5) is 1.73. The first-order chi connectivity index (χ1) is 4.72. The first-order valence-corrected chi connectivity index (χ1v) is 4.53. The molecule has 1 rings (SSSR count). The fourth-order valence-electron chi connectivity index (χ4n) is 2.22. The lowest BCUT2D eigenvalue weighted by Gasteiger charge is -2.30. The van der Waals surface area contributed by atoms with Gasteiger partial charge in [-0.2, -0.15) is 0 Å². The maximum absolute atomic E-state index is 2.38. The molecule has 1 nitrogen and oxygen atoms in total. The highest BCUT2D eigenvalue weighted by Crippen LogP contribution is 2.15. The summed E-state index contributed by atoms with van der Waals surface area (Å²) in [7, 11) is 2.32. The van der Waals surface area contributed by atoms with E-state index in [1.807, 2.05) is 0 Å². The maximum Gasteiger partial charge on any atom is 0.0797 e. The molecule has 10 heavy (non-hydrogen) atoms. The van der Waals surface area contributed by atoms with Crippen molar-refractivity contribution in [2.24, 2.45) is 11.8 Å². The summed E-state index contributed by atoms with van der Waals surface area (Å²) in [5.41, 5.74) is 0. The van der Waals surface area contributed by atoms with Crippen LogP contribution in [-0.4, -0.2) is 20.1 Å². The van der Waals surface area contributed by atoms with Crippen molar-refractivity contribution in [1.82, 2.24) is 0 Å². The topological polar surface area (TPSA) is 4.44 Å². The van der Waals surface area contributed by atoms with E-state index in [9.17, 15) is 0 Å². The van der Waals surface area contributed by atoms with Crippen molar-refractivity contribution >= 4 is 0 Å².